The fourth-order valence-corrected chi connectivity index (χ4v) is 2.34. The number of amides is 1. The molecule has 0 fully saturated rings. The number of nitrogens with zero attached hydrogens (tertiary/aromatic N) is 1. The zero-order chi connectivity index (χ0) is 15.4. The first-order valence-electron chi connectivity index (χ1n) is 6.80. The van der Waals surface area contributed by atoms with E-state index in [1.54, 1.807) is 13.0 Å². The standard InChI is InChI=1S/C15H22N2O3/c1-9(2)14(10(3)4)16-15(18)12-6-7-13(17(19)20)11(5)8-12/h6-10,14H,1-5H3,(H,16,18). The van der Waals surface area contributed by atoms with Gasteiger partial charge >= 0.3 is 0 Å². The van der Waals surface area contributed by atoms with E-state index in [2.05, 4.69) is 33.0 Å². The Bertz CT molecular complexity index is 502. The highest BCUT2D eigenvalue weighted by Crippen LogP contribution is 2.19. The van der Waals surface area contributed by atoms with Gasteiger partial charge in [-0.15, -0.1) is 0 Å². The Kier molecular flexibility index (Phi) is 5.25. The second kappa shape index (κ2) is 6.50. The van der Waals surface area contributed by atoms with Crippen LogP contribution in [0.3, 0.4) is 0 Å². The highest BCUT2D eigenvalue weighted by molar-refractivity contribution is 5.94. The van der Waals surface area contributed by atoms with Crippen molar-refractivity contribution in [3.8, 4) is 0 Å². The quantitative estimate of drug-likeness (QED) is 0.663. The molecule has 0 radical (unpaired) electrons. The molecule has 110 valence electrons. The van der Waals surface area contributed by atoms with Crippen molar-refractivity contribution in [1.82, 2.24) is 5.32 Å². The van der Waals surface area contributed by atoms with Gasteiger partial charge in [-0.05, 0) is 30.9 Å². The Balaban J connectivity index is 2.93. The minimum absolute atomic E-state index is 0.0332. The van der Waals surface area contributed by atoms with E-state index in [9.17, 15) is 14.9 Å². The molecule has 0 aliphatic rings. The highest BCUT2D eigenvalue weighted by atomic mass is 16.6. The lowest BCUT2D eigenvalue weighted by atomic mass is 9.93. The molecule has 0 spiro atoms. The van der Waals surface area contributed by atoms with Crippen LogP contribution in [-0.2, 0) is 0 Å². The Morgan fingerprint density at radius 3 is 2.15 bits per heavy atom. The maximum atomic E-state index is 12.2. The fourth-order valence-electron chi connectivity index (χ4n) is 2.34. The van der Waals surface area contributed by atoms with Crippen molar-refractivity contribution >= 4 is 11.6 Å². The summed E-state index contributed by atoms with van der Waals surface area (Å²) in [5.41, 5.74) is 0.985. The summed E-state index contributed by atoms with van der Waals surface area (Å²) in [6, 6.07) is 4.52. The Labute approximate surface area is 119 Å². The van der Waals surface area contributed by atoms with Gasteiger partial charge in [-0.3, -0.25) is 14.9 Å². The normalized spacial score (nSPS) is 11.2. The van der Waals surface area contributed by atoms with Crippen LogP contribution in [0.25, 0.3) is 0 Å². The first-order valence-corrected chi connectivity index (χ1v) is 6.80. The van der Waals surface area contributed by atoms with Crippen LogP contribution in [0.1, 0.15) is 43.6 Å². The van der Waals surface area contributed by atoms with Gasteiger partial charge in [0.1, 0.15) is 0 Å². The monoisotopic (exact) mass is 278 g/mol. The zero-order valence-electron chi connectivity index (χ0n) is 12.6. The van der Waals surface area contributed by atoms with Gasteiger partial charge < -0.3 is 5.32 Å². The minimum Gasteiger partial charge on any atom is -0.349 e. The van der Waals surface area contributed by atoms with Crippen molar-refractivity contribution in [2.45, 2.75) is 40.7 Å². The zero-order valence-corrected chi connectivity index (χ0v) is 12.6. The molecule has 5 heteroatoms. The van der Waals surface area contributed by atoms with E-state index < -0.39 is 4.92 Å². The van der Waals surface area contributed by atoms with Gasteiger partial charge in [0.25, 0.3) is 11.6 Å². The number of nitro groups is 1. The number of hydrogen-bond donors (Lipinski definition) is 1. The average Bonchev–Trinajstić information content (AvgIpc) is 2.34. The third kappa shape index (κ3) is 3.79. The Morgan fingerprint density at radius 2 is 1.75 bits per heavy atom. The average molecular weight is 278 g/mol. The maximum Gasteiger partial charge on any atom is 0.272 e. The molecule has 0 saturated carbocycles. The van der Waals surface area contributed by atoms with Gasteiger partial charge in [0.15, 0.2) is 0 Å². The van der Waals surface area contributed by atoms with Crippen molar-refractivity contribution in [3.05, 3.63) is 39.4 Å². The summed E-state index contributed by atoms with van der Waals surface area (Å²) in [5.74, 6) is 0.478. The SMILES string of the molecule is Cc1cc(C(=O)NC(C(C)C)C(C)C)ccc1[N+](=O)[O-]. The van der Waals surface area contributed by atoms with Crippen LogP contribution in [-0.4, -0.2) is 16.9 Å². The number of rotatable bonds is 5. The molecule has 0 bridgehead atoms. The topological polar surface area (TPSA) is 72.2 Å². The van der Waals surface area contributed by atoms with Gasteiger partial charge in [0.05, 0.1) is 4.92 Å². The number of carbonyl (C=O) groups excluding carboxylic acids is 1. The lowest BCUT2D eigenvalue weighted by Crippen LogP contribution is -2.42. The Morgan fingerprint density at radius 1 is 1.20 bits per heavy atom. The summed E-state index contributed by atoms with van der Waals surface area (Å²) in [6.45, 7) is 9.88. The maximum absolute atomic E-state index is 12.2. The summed E-state index contributed by atoms with van der Waals surface area (Å²) < 4.78 is 0. The highest BCUT2D eigenvalue weighted by Gasteiger charge is 2.21. The van der Waals surface area contributed by atoms with Crippen molar-refractivity contribution in [1.29, 1.82) is 0 Å². The predicted molar refractivity (Wildman–Crippen MR) is 78.8 cm³/mol. The molecule has 1 amide bonds. The van der Waals surface area contributed by atoms with Crippen LogP contribution in [0.2, 0.25) is 0 Å². The lowest BCUT2D eigenvalue weighted by molar-refractivity contribution is -0.385. The molecule has 5 nitrogen and oxygen atoms in total. The molecule has 1 rings (SSSR count). The number of carbonyl (C=O) groups is 1. The van der Waals surface area contributed by atoms with E-state index >= 15 is 0 Å². The van der Waals surface area contributed by atoms with Crippen LogP contribution < -0.4 is 5.32 Å². The van der Waals surface area contributed by atoms with E-state index in [0.717, 1.165) is 0 Å². The summed E-state index contributed by atoms with van der Waals surface area (Å²) >= 11 is 0. The molecule has 0 saturated heterocycles. The summed E-state index contributed by atoms with van der Waals surface area (Å²) in [5, 5.41) is 13.8. The van der Waals surface area contributed by atoms with E-state index in [4.69, 9.17) is 0 Å². The van der Waals surface area contributed by atoms with E-state index in [1.165, 1.54) is 12.1 Å². The molecule has 0 heterocycles. The Hall–Kier alpha value is -1.91. The van der Waals surface area contributed by atoms with Gasteiger partial charge in [-0.25, -0.2) is 0 Å². The van der Waals surface area contributed by atoms with Crippen LogP contribution in [0.15, 0.2) is 18.2 Å². The largest absolute Gasteiger partial charge is 0.349 e. The van der Waals surface area contributed by atoms with Crippen LogP contribution in [0, 0.1) is 28.9 Å². The van der Waals surface area contributed by atoms with Crippen LogP contribution in [0.4, 0.5) is 5.69 Å². The summed E-state index contributed by atoms with van der Waals surface area (Å²) in [7, 11) is 0. The fraction of sp³-hybridized carbons (Fsp3) is 0.533. The van der Waals surface area contributed by atoms with Gasteiger partial charge in [0, 0.05) is 23.2 Å². The van der Waals surface area contributed by atoms with E-state index in [0.29, 0.717) is 23.0 Å². The van der Waals surface area contributed by atoms with Gasteiger partial charge in [-0.1, -0.05) is 27.7 Å². The van der Waals surface area contributed by atoms with Crippen molar-refractivity contribution in [2.24, 2.45) is 11.8 Å². The molecular weight excluding hydrogens is 256 g/mol. The van der Waals surface area contributed by atoms with E-state index in [-0.39, 0.29) is 17.6 Å². The van der Waals surface area contributed by atoms with Crippen molar-refractivity contribution in [3.63, 3.8) is 0 Å². The van der Waals surface area contributed by atoms with Gasteiger partial charge in [-0.2, -0.15) is 0 Å². The number of nitro benzene ring substituents is 1. The van der Waals surface area contributed by atoms with Crippen molar-refractivity contribution in [2.75, 3.05) is 0 Å². The molecule has 1 aromatic rings. The smallest absolute Gasteiger partial charge is 0.272 e. The number of aryl methyl sites for hydroxylation is 1. The summed E-state index contributed by atoms with van der Waals surface area (Å²) in [6.07, 6.45) is 0. The molecule has 1 N–H and O–H groups in total. The lowest BCUT2D eigenvalue weighted by Gasteiger charge is -2.26. The van der Waals surface area contributed by atoms with E-state index in [1.807, 2.05) is 0 Å². The molecule has 0 aliphatic carbocycles. The molecule has 0 unspecified atom stereocenters. The molecule has 1 aromatic carbocycles. The third-order valence-electron chi connectivity index (χ3n) is 3.39. The first-order chi connectivity index (χ1) is 9.23. The number of hydrogen-bond acceptors (Lipinski definition) is 3. The third-order valence-corrected chi connectivity index (χ3v) is 3.39. The predicted octanol–water partition coefficient (Wildman–Crippen LogP) is 3.31. The summed E-state index contributed by atoms with van der Waals surface area (Å²) in [4.78, 5) is 22.5. The molecule has 0 aliphatic heterocycles. The first kappa shape index (κ1) is 16.1. The van der Waals surface area contributed by atoms with Crippen LogP contribution in [0.5, 0.6) is 0 Å². The number of nitrogens with one attached hydrogen (secondary N) is 1. The number of benzene rings is 1. The molecule has 0 atom stereocenters. The second-order valence-corrected chi connectivity index (χ2v) is 5.75. The van der Waals surface area contributed by atoms with Crippen LogP contribution >= 0.6 is 0 Å². The van der Waals surface area contributed by atoms with Crippen molar-refractivity contribution < 1.29 is 9.72 Å². The molecule has 20 heavy (non-hydrogen) atoms. The minimum atomic E-state index is -0.442. The second-order valence-electron chi connectivity index (χ2n) is 5.75. The molecular formula is C15H22N2O3. The van der Waals surface area contributed by atoms with Gasteiger partial charge in [0.2, 0.25) is 0 Å². The molecule has 0 aromatic heterocycles.